The number of carbonyl (C=O) groups is 1. The Morgan fingerprint density at radius 3 is 2.84 bits per heavy atom. The van der Waals surface area contributed by atoms with Gasteiger partial charge in [0.2, 0.25) is 5.91 Å². The first-order chi connectivity index (χ1) is 9.06. The van der Waals surface area contributed by atoms with Gasteiger partial charge in [-0.25, -0.2) is 0 Å². The summed E-state index contributed by atoms with van der Waals surface area (Å²) in [5.74, 6) is 0.00746. The molecule has 0 aromatic heterocycles. The summed E-state index contributed by atoms with van der Waals surface area (Å²) in [6, 6.07) is 6.10. The number of aliphatic hydroxyl groups excluding tert-OH is 1. The highest BCUT2D eigenvalue weighted by Crippen LogP contribution is 2.29. The van der Waals surface area contributed by atoms with Crippen molar-refractivity contribution in [3.05, 3.63) is 29.3 Å². The number of carbonyl (C=O) groups excluding carboxylic acids is 1. The lowest BCUT2D eigenvalue weighted by molar-refractivity contribution is -0.124. The van der Waals surface area contributed by atoms with Gasteiger partial charge in [0, 0.05) is 24.9 Å². The zero-order chi connectivity index (χ0) is 14.0. The number of anilines is 1. The number of rotatable bonds is 3. The number of aryl methyl sites for hydroxylation is 1. The van der Waals surface area contributed by atoms with Crippen molar-refractivity contribution in [1.82, 2.24) is 5.32 Å². The molecule has 1 heterocycles. The van der Waals surface area contributed by atoms with Crippen LogP contribution in [-0.2, 0) is 4.79 Å². The summed E-state index contributed by atoms with van der Waals surface area (Å²) in [5, 5.41) is 12.1. The Kier molecular flexibility index (Phi) is 4.10. The number of nitrogens with zero attached hydrogens (tertiary/aromatic N) is 1. The van der Waals surface area contributed by atoms with Gasteiger partial charge in [0.05, 0.1) is 0 Å². The van der Waals surface area contributed by atoms with E-state index in [1.54, 1.807) is 0 Å². The Hall–Kier alpha value is -1.55. The number of benzene rings is 1. The third-order valence-electron chi connectivity index (χ3n) is 3.94. The van der Waals surface area contributed by atoms with Crippen LogP contribution in [0.4, 0.5) is 5.69 Å². The van der Waals surface area contributed by atoms with Crippen LogP contribution in [0.15, 0.2) is 18.2 Å². The topological polar surface area (TPSA) is 52.6 Å². The third kappa shape index (κ3) is 2.59. The summed E-state index contributed by atoms with van der Waals surface area (Å²) in [4.78, 5) is 14.2. The second-order valence-electron chi connectivity index (χ2n) is 5.25. The Morgan fingerprint density at radius 2 is 2.16 bits per heavy atom. The molecular formula is C15H22N2O2. The Labute approximate surface area is 114 Å². The molecule has 1 saturated heterocycles. The van der Waals surface area contributed by atoms with Gasteiger partial charge in [0.25, 0.3) is 0 Å². The van der Waals surface area contributed by atoms with E-state index in [-0.39, 0.29) is 24.6 Å². The summed E-state index contributed by atoms with van der Waals surface area (Å²) in [7, 11) is 0. The van der Waals surface area contributed by atoms with Gasteiger partial charge in [-0.1, -0.05) is 12.1 Å². The average molecular weight is 262 g/mol. The molecule has 1 fully saturated rings. The molecule has 0 bridgehead atoms. The molecule has 4 heteroatoms. The minimum atomic E-state index is -0.283. The van der Waals surface area contributed by atoms with Crippen LogP contribution in [0.3, 0.4) is 0 Å². The highest BCUT2D eigenvalue weighted by atomic mass is 16.3. The Balaban J connectivity index is 2.42. The van der Waals surface area contributed by atoms with E-state index in [2.05, 4.69) is 43.1 Å². The molecule has 1 aliphatic heterocycles. The van der Waals surface area contributed by atoms with Gasteiger partial charge < -0.3 is 15.3 Å². The van der Waals surface area contributed by atoms with Gasteiger partial charge >= 0.3 is 0 Å². The normalized spacial score (nSPS) is 23.4. The van der Waals surface area contributed by atoms with Crippen molar-refractivity contribution in [2.45, 2.75) is 39.3 Å². The standard InChI is InChI=1S/C15H22N2O2/c1-10-5-4-6-13(12(10)3)17-11(2)9-16-15(19)14(17)7-8-18/h4-6,11,14,18H,7-9H2,1-3H3,(H,16,19). The van der Waals surface area contributed by atoms with Crippen molar-refractivity contribution in [3.8, 4) is 0 Å². The molecular weight excluding hydrogens is 240 g/mol. The van der Waals surface area contributed by atoms with Crippen molar-refractivity contribution in [3.63, 3.8) is 0 Å². The lowest BCUT2D eigenvalue weighted by Crippen LogP contribution is -2.60. The van der Waals surface area contributed by atoms with Crippen molar-refractivity contribution in [2.24, 2.45) is 0 Å². The van der Waals surface area contributed by atoms with Gasteiger partial charge in [0.1, 0.15) is 6.04 Å². The molecule has 104 valence electrons. The van der Waals surface area contributed by atoms with Gasteiger partial charge in [-0.05, 0) is 44.4 Å². The van der Waals surface area contributed by atoms with Gasteiger partial charge in [-0.2, -0.15) is 0 Å². The predicted molar refractivity (Wildman–Crippen MR) is 76.4 cm³/mol. The molecule has 2 rings (SSSR count). The van der Waals surface area contributed by atoms with E-state index in [0.717, 1.165) is 5.69 Å². The van der Waals surface area contributed by atoms with Crippen molar-refractivity contribution < 1.29 is 9.90 Å². The number of hydrogen-bond donors (Lipinski definition) is 2. The first-order valence-corrected chi connectivity index (χ1v) is 6.79. The lowest BCUT2D eigenvalue weighted by atomic mass is 10.00. The van der Waals surface area contributed by atoms with E-state index >= 15 is 0 Å². The molecule has 4 nitrogen and oxygen atoms in total. The van der Waals surface area contributed by atoms with E-state index in [1.807, 2.05) is 6.07 Å². The monoisotopic (exact) mass is 262 g/mol. The van der Waals surface area contributed by atoms with E-state index in [9.17, 15) is 9.90 Å². The van der Waals surface area contributed by atoms with Crippen molar-refractivity contribution in [1.29, 1.82) is 0 Å². The predicted octanol–water partition coefficient (Wildman–Crippen LogP) is 1.38. The molecule has 0 saturated carbocycles. The average Bonchev–Trinajstić information content (AvgIpc) is 2.39. The smallest absolute Gasteiger partial charge is 0.242 e. The van der Waals surface area contributed by atoms with Crippen molar-refractivity contribution >= 4 is 11.6 Å². The van der Waals surface area contributed by atoms with Crippen molar-refractivity contribution in [2.75, 3.05) is 18.1 Å². The maximum absolute atomic E-state index is 12.0. The van der Waals surface area contributed by atoms with Gasteiger partial charge in [-0.15, -0.1) is 0 Å². The summed E-state index contributed by atoms with van der Waals surface area (Å²) < 4.78 is 0. The number of piperazine rings is 1. The minimum absolute atomic E-state index is 0.00746. The Bertz CT molecular complexity index is 473. The van der Waals surface area contributed by atoms with Gasteiger partial charge in [0.15, 0.2) is 0 Å². The van der Waals surface area contributed by atoms with E-state index in [1.165, 1.54) is 11.1 Å². The maximum atomic E-state index is 12.0. The zero-order valence-electron chi connectivity index (χ0n) is 11.8. The lowest BCUT2D eigenvalue weighted by Gasteiger charge is -2.42. The largest absolute Gasteiger partial charge is 0.396 e. The summed E-state index contributed by atoms with van der Waals surface area (Å²) >= 11 is 0. The molecule has 1 amide bonds. The molecule has 0 spiro atoms. The minimum Gasteiger partial charge on any atom is -0.396 e. The molecule has 2 unspecified atom stereocenters. The number of nitrogens with one attached hydrogen (secondary N) is 1. The van der Waals surface area contributed by atoms with Crippen LogP contribution in [0.1, 0.15) is 24.5 Å². The first kappa shape index (κ1) is 13.9. The third-order valence-corrected chi connectivity index (χ3v) is 3.94. The highest BCUT2D eigenvalue weighted by molar-refractivity contribution is 5.87. The summed E-state index contributed by atoms with van der Waals surface area (Å²) in [6.07, 6.45) is 0.462. The number of hydrogen-bond acceptors (Lipinski definition) is 3. The van der Waals surface area contributed by atoms with Crippen LogP contribution in [0.5, 0.6) is 0 Å². The maximum Gasteiger partial charge on any atom is 0.242 e. The molecule has 1 aromatic rings. The first-order valence-electron chi connectivity index (χ1n) is 6.79. The molecule has 1 aromatic carbocycles. The quantitative estimate of drug-likeness (QED) is 0.865. The fourth-order valence-electron chi connectivity index (χ4n) is 2.71. The highest BCUT2D eigenvalue weighted by Gasteiger charge is 2.34. The van der Waals surface area contributed by atoms with E-state index in [4.69, 9.17) is 0 Å². The molecule has 0 radical (unpaired) electrons. The Morgan fingerprint density at radius 1 is 1.42 bits per heavy atom. The molecule has 19 heavy (non-hydrogen) atoms. The molecule has 1 aliphatic rings. The second kappa shape index (κ2) is 5.61. The van der Waals surface area contributed by atoms with Crippen LogP contribution >= 0.6 is 0 Å². The van der Waals surface area contributed by atoms with Crippen LogP contribution < -0.4 is 10.2 Å². The fraction of sp³-hybridized carbons (Fsp3) is 0.533. The van der Waals surface area contributed by atoms with Crippen LogP contribution in [-0.4, -0.2) is 36.2 Å². The van der Waals surface area contributed by atoms with Crippen LogP contribution in [0.2, 0.25) is 0 Å². The second-order valence-corrected chi connectivity index (χ2v) is 5.25. The zero-order valence-corrected chi connectivity index (χ0v) is 11.8. The molecule has 0 aliphatic carbocycles. The fourth-order valence-corrected chi connectivity index (χ4v) is 2.71. The van der Waals surface area contributed by atoms with E-state index < -0.39 is 0 Å². The van der Waals surface area contributed by atoms with Gasteiger partial charge in [-0.3, -0.25) is 4.79 Å². The van der Waals surface area contributed by atoms with Crippen LogP contribution in [0, 0.1) is 13.8 Å². The molecule has 2 N–H and O–H groups in total. The number of aliphatic hydroxyl groups is 1. The number of amides is 1. The SMILES string of the molecule is Cc1cccc(N2C(C)CNC(=O)C2CCO)c1C. The summed E-state index contributed by atoms with van der Waals surface area (Å²) in [5.41, 5.74) is 3.52. The molecule has 2 atom stereocenters. The van der Waals surface area contributed by atoms with Crippen LogP contribution in [0.25, 0.3) is 0 Å². The van der Waals surface area contributed by atoms with E-state index in [0.29, 0.717) is 13.0 Å². The summed E-state index contributed by atoms with van der Waals surface area (Å²) in [6.45, 7) is 6.93.